The van der Waals surface area contributed by atoms with Crippen molar-refractivity contribution in [3.05, 3.63) is 83.7 Å². The number of rotatable bonds is 4. The van der Waals surface area contributed by atoms with E-state index in [0.717, 1.165) is 12.1 Å². The summed E-state index contributed by atoms with van der Waals surface area (Å²) in [4.78, 5) is 7.72. The van der Waals surface area contributed by atoms with Crippen molar-refractivity contribution in [2.75, 3.05) is 0 Å². The zero-order valence-electron chi connectivity index (χ0n) is 15.5. The van der Waals surface area contributed by atoms with Gasteiger partial charge in [-0.15, -0.1) is 12.1 Å². The second-order valence-corrected chi connectivity index (χ2v) is 6.23. The fourth-order valence-corrected chi connectivity index (χ4v) is 2.59. The van der Waals surface area contributed by atoms with Crippen LogP contribution in [0.3, 0.4) is 0 Å². The second kappa shape index (κ2) is 8.30. The molecule has 0 aliphatic rings. The zero-order chi connectivity index (χ0) is 21.5. The number of aryl methyl sites for hydroxylation is 1. The minimum Gasteiger partial charge on any atom is -0.343 e. The van der Waals surface area contributed by atoms with Gasteiger partial charge in [-0.25, -0.2) is 0 Å². The molecule has 0 aliphatic heterocycles. The summed E-state index contributed by atoms with van der Waals surface area (Å²) in [6.07, 6.45) is 0.302. The summed E-state index contributed by atoms with van der Waals surface area (Å²) in [7, 11) is 0. The predicted octanol–water partition coefficient (Wildman–Crippen LogP) is 3.91. The van der Waals surface area contributed by atoms with Gasteiger partial charge in [0, 0.05) is 0 Å². The third-order valence-electron chi connectivity index (χ3n) is 4.02. The summed E-state index contributed by atoms with van der Waals surface area (Å²) in [5.41, 5.74) is -1.88. The molecule has 0 N–H and O–H groups in total. The number of halogens is 5. The fourth-order valence-electron chi connectivity index (χ4n) is 2.59. The molecule has 0 spiro atoms. The molecule has 0 bridgehead atoms. The smallest absolute Gasteiger partial charge is 0.343 e. The van der Waals surface area contributed by atoms with Crippen molar-refractivity contribution in [3.63, 3.8) is 0 Å². The molecule has 4 heterocycles. The summed E-state index contributed by atoms with van der Waals surface area (Å²) in [6, 6.07) is 9.72. The molecular weight excluding hydrogens is 602 g/mol. The molecule has 0 amide bonds. The van der Waals surface area contributed by atoms with Crippen LogP contribution < -0.4 is 0 Å². The van der Waals surface area contributed by atoms with E-state index in [0.29, 0.717) is 16.4 Å². The van der Waals surface area contributed by atoms with Gasteiger partial charge in [0.2, 0.25) is 0 Å². The molecule has 0 fully saturated rings. The van der Waals surface area contributed by atoms with E-state index in [2.05, 4.69) is 32.6 Å². The fraction of sp³-hybridized carbons (Fsp3) is 0.158. The molecule has 4 aromatic heterocycles. The monoisotopic (exact) mass is 613 g/mol. The van der Waals surface area contributed by atoms with E-state index in [1.807, 2.05) is 0 Å². The van der Waals surface area contributed by atoms with Crippen molar-refractivity contribution < 1.29 is 43.0 Å². The van der Waals surface area contributed by atoms with Gasteiger partial charge >= 0.3 is 33.2 Å². The normalized spacial score (nSPS) is 11.9. The van der Waals surface area contributed by atoms with Crippen LogP contribution in [0.2, 0.25) is 0 Å². The molecule has 6 nitrogen and oxygen atoms in total. The van der Waals surface area contributed by atoms with Crippen molar-refractivity contribution in [3.8, 4) is 11.6 Å². The molecule has 0 saturated carbocycles. The largest absolute Gasteiger partial charge is 2.00 e. The third kappa shape index (κ3) is 4.56. The van der Waals surface area contributed by atoms with E-state index in [9.17, 15) is 13.2 Å². The average Bonchev–Trinajstić information content (AvgIpc) is 3.37. The van der Waals surface area contributed by atoms with Crippen molar-refractivity contribution in [2.45, 2.75) is 19.0 Å². The number of hydrogen-bond acceptors (Lipinski definition) is 4. The molecule has 0 aliphatic carbocycles. The van der Waals surface area contributed by atoms with Crippen molar-refractivity contribution in [2.24, 2.45) is 0 Å². The number of hydrogen-bond donors (Lipinski definition) is 0. The van der Waals surface area contributed by atoms with E-state index < -0.39 is 29.2 Å². The van der Waals surface area contributed by atoms with E-state index in [-0.39, 0.29) is 32.7 Å². The number of nitrogens with zero attached hydrogens (tertiary/aromatic N) is 6. The quantitative estimate of drug-likeness (QED) is 0.259. The van der Waals surface area contributed by atoms with Crippen LogP contribution >= 0.6 is 0 Å². The molecule has 0 unspecified atom stereocenters. The Bertz CT molecular complexity index is 1200. The van der Waals surface area contributed by atoms with Gasteiger partial charge in [-0.1, -0.05) is 43.6 Å². The Morgan fingerprint density at radius 1 is 0.742 bits per heavy atom. The first-order valence-electron chi connectivity index (χ1n) is 8.47. The Kier molecular flexibility index (Phi) is 6.09. The van der Waals surface area contributed by atoms with Crippen LogP contribution in [0.1, 0.15) is 22.8 Å². The number of alkyl halides is 5. The summed E-state index contributed by atoms with van der Waals surface area (Å²) in [5.74, 6) is -3.74. The maximum atomic E-state index is 15.1. The van der Waals surface area contributed by atoms with E-state index >= 15 is 8.78 Å². The van der Waals surface area contributed by atoms with Crippen LogP contribution in [-0.2, 0) is 33.2 Å². The van der Waals surface area contributed by atoms with Gasteiger partial charge in [0.15, 0.2) is 0 Å². The molecule has 0 radical (unpaired) electrons. The van der Waals surface area contributed by atoms with Crippen molar-refractivity contribution in [1.29, 1.82) is 0 Å². The first kappa shape index (κ1) is 22.7. The summed E-state index contributed by atoms with van der Waals surface area (Å²) >= 11 is 0. The summed E-state index contributed by atoms with van der Waals surface area (Å²) < 4.78 is 70.3. The molecule has 0 atom stereocenters. The van der Waals surface area contributed by atoms with Crippen LogP contribution in [0.25, 0.3) is 11.6 Å². The van der Waals surface area contributed by atoms with E-state index in [1.165, 1.54) is 28.9 Å². The van der Waals surface area contributed by atoms with Gasteiger partial charge < -0.3 is 9.36 Å². The van der Waals surface area contributed by atoms with Crippen molar-refractivity contribution >= 4 is 0 Å². The molecule has 31 heavy (non-hydrogen) atoms. The maximum absolute atomic E-state index is 15.1. The molecule has 0 saturated heterocycles. The molecule has 12 heteroatoms. The summed E-state index contributed by atoms with van der Waals surface area (Å²) in [5, 5.41) is 7.38. The Hall–Kier alpha value is -2.94. The van der Waals surface area contributed by atoms with Crippen molar-refractivity contribution in [1.82, 2.24) is 29.5 Å². The predicted molar refractivity (Wildman–Crippen MR) is 93.1 cm³/mol. The van der Waals surface area contributed by atoms with Crippen LogP contribution in [0.15, 0.2) is 48.5 Å². The SMILES string of the molecule is Cc1c[c-]n(-c2cccc(C(F)(F)c3cccc(-n4[c-]cc(C(F)(F)F)n4)n3)n2)n1.[Pt+2]. The molecule has 162 valence electrons. The Balaban J connectivity index is 0.00000272. The Morgan fingerprint density at radius 3 is 1.71 bits per heavy atom. The van der Waals surface area contributed by atoms with Crippen LogP contribution in [0, 0.1) is 19.3 Å². The average molecular weight is 613 g/mol. The third-order valence-corrected chi connectivity index (χ3v) is 4.02. The molecular formula is C19H11F5N6Pt. The zero-order valence-corrected chi connectivity index (χ0v) is 17.8. The maximum Gasteiger partial charge on any atom is 2.00 e. The van der Waals surface area contributed by atoms with Gasteiger partial charge in [-0.05, 0) is 17.8 Å². The van der Waals surface area contributed by atoms with Gasteiger partial charge in [0.1, 0.15) is 11.4 Å². The first-order chi connectivity index (χ1) is 14.1. The van der Waals surface area contributed by atoms with Gasteiger partial charge in [0.25, 0.3) is 0 Å². The van der Waals surface area contributed by atoms with Gasteiger partial charge in [-0.3, -0.25) is 20.2 Å². The van der Waals surface area contributed by atoms with Crippen LogP contribution in [0.4, 0.5) is 22.0 Å². The number of aromatic nitrogens is 6. The summed E-state index contributed by atoms with van der Waals surface area (Å²) in [6.45, 7) is 1.72. The van der Waals surface area contributed by atoms with Gasteiger partial charge in [0.05, 0.1) is 17.3 Å². The topological polar surface area (TPSA) is 61.4 Å². The Morgan fingerprint density at radius 2 is 1.26 bits per heavy atom. The van der Waals surface area contributed by atoms with Crippen LogP contribution in [-0.4, -0.2) is 29.5 Å². The Labute approximate surface area is 187 Å². The minimum absolute atomic E-state index is 0. The molecule has 0 aromatic carbocycles. The van der Waals surface area contributed by atoms with E-state index in [4.69, 9.17) is 0 Å². The van der Waals surface area contributed by atoms with E-state index in [1.54, 1.807) is 13.0 Å². The van der Waals surface area contributed by atoms with Gasteiger partial charge in [-0.2, -0.15) is 22.0 Å². The second-order valence-electron chi connectivity index (χ2n) is 6.23. The number of pyridine rings is 2. The molecule has 4 rings (SSSR count). The molecule has 4 aromatic rings. The first-order valence-corrected chi connectivity index (χ1v) is 8.47. The minimum atomic E-state index is -4.68. The standard InChI is InChI=1S/C19H11F5N6.Pt/c1-12-8-10-29(27-12)16-6-2-4-13(25-16)18(20,21)14-5-3-7-17(26-14)30-11-9-15(28-30)19(22,23)24;/h2-9H,1H3;/q-2;+2. The van der Waals surface area contributed by atoms with Crippen LogP contribution in [0.5, 0.6) is 0 Å².